The molecule has 10 heteroatoms. The van der Waals surface area contributed by atoms with Crippen LogP contribution in [0.1, 0.15) is 55.8 Å². The molecule has 0 amide bonds. The second kappa shape index (κ2) is 6.77. The average Bonchev–Trinajstić information content (AvgIpc) is 3.15. The fraction of sp³-hybridized carbons (Fsp3) is 0.632. The molecule has 2 aliphatic carbocycles. The van der Waals surface area contributed by atoms with Crippen LogP contribution in [0.3, 0.4) is 0 Å². The zero-order valence-corrected chi connectivity index (χ0v) is 16.1. The second-order valence-corrected chi connectivity index (χ2v) is 8.12. The Bertz CT molecular complexity index is 923. The molecule has 2 aromatic heterocycles. The third-order valence-electron chi connectivity index (χ3n) is 6.20. The molecule has 2 N–H and O–H groups in total. The number of nitrogens with one attached hydrogen (secondary N) is 2. The van der Waals surface area contributed by atoms with E-state index in [2.05, 4.69) is 25.7 Å². The molecular formula is C19H23F3N6O. The molecule has 3 heterocycles. The first-order valence-corrected chi connectivity index (χ1v) is 10.1. The van der Waals surface area contributed by atoms with Gasteiger partial charge in [-0.2, -0.15) is 23.3 Å². The van der Waals surface area contributed by atoms with Crippen LogP contribution < -0.4 is 15.4 Å². The molecule has 0 spiro atoms. The molecule has 156 valence electrons. The number of hydrogen-bond acceptors (Lipinski definition) is 6. The maximum Gasteiger partial charge on any atom is 0.421 e. The van der Waals surface area contributed by atoms with Crippen LogP contribution in [0.25, 0.3) is 0 Å². The van der Waals surface area contributed by atoms with Gasteiger partial charge in [-0.05, 0) is 39.0 Å². The van der Waals surface area contributed by atoms with Gasteiger partial charge in [0.2, 0.25) is 5.95 Å². The van der Waals surface area contributed by atoms with E-state index >= 15 is 0 Å². The zero-order valence-electron chi connectivity index (χ0n) is 16.1. The Labute approximate surface area is 166 Å². The highest BCUT2D eigenvalue weighted by Gasteiger charge is 2.38. The molecule has 1 aliphatic heterocycles. The maximum absolute atomic E-state index is 13.5. The molecule has 0 aromatic carbocycles. The molecule has 2 atom stereocenters. The van der Waals surface area contributed by atoms with E-state index in [9.17, 15) is 13.2 Å². The van der Waals surface area contributed by atoms with Crippen LogP contribution in [-0.4, -0.2) is 32.4 Å². The SMILES string of the molecule is Cc1nn(C2CCC2)c2c1OCC1CCCC1Nc1nc(ncc1C(F)(F)F)N2. The summed E-state index contributed by atoms with van der Waals surface area (Å²) in [6.07, 6.45) is 2.10. The molecule has 5 rings (SSSR count). The molecule has 2 bridgehead atoms. The van der Waals surface area contributed by atoms with Crippen molar-refractivity contribution < 1.29 is 17.9 Å². The zero-order chi connectivity index (χ0) is 20.2. The summed E-state index contributed by atoms with van der Waals surface area (Å²) in [6, 6.07) is 0.132. The summed E-state index contributed by atoms with van der Waals surface area (Å²) < 4.78 is 48.6. The first-order chi connectivity index (χ1) is 13.9. The predicted octanol–water partition coefficient (Wildman–Crippen LogP) is 4.44. The number of fused-ring (bicyclic) bond motifs is 4. The van der Waals surface area contributed by atoms with Gasteiger partial charge in [0.1, 0.15) is 17.1 Å². The van der Waals surface area contributed by atoms with Gasteiger partial charge in [-0.25, -0.2) is 9.67 Å². The minimum atomic E-state index is -4.53. The van der Waals surface area contributed by atoms with Gasteiger partial charge in [0.15, 0.2) is 11.6 Å². The molecule has 7 nitrogen and oxygen atoms in total. The molecule has 2 aromatic rings. The number of anilines is 3. The van der Waals surface area contributed by atoms with Crippen molar-refractivity contribution in [3.8, 4) is 5.75 Å². The minimum Gasteiger partial charge on any atom is -0.487 e. The molecule has 2 saturated carbocycles. The average molecular weight is 408 g/mol. The Kier molecular flexibility index (Phi) is 4.32. The van der Waals surface area contributed by atoms with E-state index in [1.807, 2.05) is 11.6 Å². The van der Waals surface area contributed by atoms with Gasteiger partial charge < -0.3 is 15.4 Å². The Morgan fingerprint density at radius 2 is 1.97 bits per heavy atom. The van der Waals surface area contributed by atoms with Crippen molar-refractivity contribution in [2.75, 3.05) is 17.2 Å². The Morgan fingerprint density at radius 3 is 2.69 bits per heavy atom. The van der Waals surface area contributed by atoms with Gasteiger partial charge in [-0.15, -0.1) is 0 Å². The smallest absolute Gasteiger partial charge is 0.421 e. The van der Waals surface area contributed by atoms with Crippen LogP contribution in [0.15, 0.2) is 6.20 Å². The number of halogens is 3. The Hall–Kier alpha value is -2.52. The summed E-state index contributed by atoms with van der Waals surface area (Å²) in [5.41, 5.74) is -0.0916. The van der Waals surface area contributed by atoms with E-state index in [1.54, 1.807) is 0 Å². The monoisotopic (exact) mass is 408 g/mol. The molecule has 2 unspecified atom stereocenters. The molecule has 3 aliphatic rings. The second-order valence-electron chi connectivity index (χ2n) is 8.12. The van der Waals surface area contributed by atoms with E-state index in [0.717, 1.165) is 50.4 Å². The van der Waals surface area contributed by atoms with Crippen molar-refractivity contribution in [1.29, 1.82) is 0 Å². The number of hydrogen-bond donors (Lipinski definition) is 2. The van der Waals surface area contributed by atoms with Gasteiger partial charge in [-0.3, -0.25) is 0 Å². The lowest BCUT2D eigenvalue weighted by molar-refractivity contribution is -0.137. The molecule has 0 radical (unpaired) electrons. The number of alkyl halides is 3. The largest absolute Gasteiger partial charge is 0.487 e. The van der Waals surface area contributed by atoms with E-state index in [-0.39, 0.29) is 29.8 Å². The molecule has 2 fully saturated rings. The number of aromatic nitrogens is 4. The van der Waals surface area contributed by atoms with Gasteiger partial charge in [-0.1, -0.05) is 6.42 Å². The van der Waals surface area contributed by atoms with E-state index < -0.39 is 11.7 Å². The lowest BCUT2D eigenvalue weighted by Crippen LogP contribution is -2.30. The first kappa shape index (κ1) is 18.5. The third-order valence-corrected chi connectivity index (χ3v) is 6.20. The number of nitrogens with zero attached hydrogens (tertiary/aromatic N) is 4. The van der Waals surface area contributed by atoms with Gasteiger partial charge in [0, 0.05) is 18.2 Å². The number of ether oxygens (including phenoxy) is 1. The quantitative estimate of drug-likeness (QED) is 0.726. The first-order valence-electron chi connectivity index (χ1n) is 10.1. The summed E-state index contributed by atoms with van der Waals surface area (Å²) in [7, 11) is 0. The van der Waals surface area contributed by atoms with Crippen molar-refractivity contribution in [2.45, 2.75) is 63.7 Å². The van der Waals surface area contributed by atoms with Gasteiger partial charge >= 0.3 is 6.18 Å². The van der Waals surface area contributed by atoms with Crippen LogP contribution in [0.4, 0.5) is 30.8 Å². The van der Waals surface area contributed by atoms with Gasteiger partial charge in [0.25, 0.3) is 0 Å². The van der Waals surface area contributed by atoms with E-state index in [0.29, 0.717) is 18.2 Å². The van der Waals surface area contributed by atoms with Crippen LogP contribution in [-0.2, 0) is 6.18 Å². The summed E-state index contributed by atoms with van der Waals surface area (Å²) in [5.74, 6) is 1.28. The van der Waals surface area contributed by atoms with Gasteiger partial charge in [0.05, 0.1) is 12.6 Å². The Morgan fingerprint density at radius 1 is 1.17 bits per heavy atom. The fourth-order valence-electron chi connectivity index (χ4n) is 4.37. The van der Waals surface area contributed by atoms with Crippen molar-refractivity contribution >= 4 is 17.6 Å². The van der Waals surface area contributed by atoms with Crippen molar-refractivity contribution in [1.82, 2.24) is 19.7 Å². The number of aryl methyl sites for hydroxylation is 1. The van der Waals surface area contributed by atoms with Crippen molar-refractivity contribution in [2.24, 2.45) is 5.92 Å². The summed E-state index contributed by atoms with van der Waals surface area (Å²) >= 11 is 0. The molecule has 29 heavy (non-hydrogen) atoms. The standard InChI is InChI=1S/C19H23F3N6O/c1-10-15-17(28(27-10)12-5-3-6-12)26-18-23-8-13(19(20,21)22)16(25-18)24-14-7-2-4-11(14)9-29-15/h8,11-12,14H,2-7,9H2,1H3,(H2,23,24,25,26). The van der Waals surface area contributed by atoms with Crippen LogP contribution in [0.5, 0.6) is 5.75 Å². The molecular weight excluding hydrogens is 385 g/mol. The third kappa shape index (κ3) is 3.28. The molecule has 0 saturated heterocycles. The predicted molar refractivity (Wildman–Crippen MR) is 100 cm³/mol. The lowest BCUT2D eigenvalue weighted by atomic mass is 9.93. The highest BCUT2D eigenvalue weighted by atomic mass is 19.4. The summed E-state index contributed by atoms with van der Waals surface area (Å²) in [6.45, 7) is 2.31. The topological polar surface area (TPSA) is 76.9 Å². The van der Waals surface area contributed by atoms with E-state index in [1.165, 1.54) is 0 Å². The van der Waals surface area contributed by atoms with Crippen LogP contribution in [0, 0.1) is 12.8 Å². The van der Waals surface area contributed by atoms with Crippen molar-refractivity contribution in [3.63, 3.8) is 0 Å². The summed E-state index contributed by atoms with van der Waals surface area (Å²) in [4.78, 5) is 8.14. The summed E-state index contributed by atoms with van der Waals surface area (Å²) in [5, 5.41) is 10.8. The maximum atomic E-state index is 13.5. The lowest BCUT2D eigenvalue weighted by Gasteiger charge is -2.27. The normalized spacial score (nSPS) is 24.3. The van der Waals surface area contributed by atoms with Crippen LogP contribution in [0.2, 0.25) is 0 Å². The highest BCUT2D eigenvalue weighted by molar-refractivity contribution is 5.62. The number of rotatable bonds is 1. The Balaban J connectivity index is 1.61. The highest BCUT2D eigenvalue weighted by Crippen LogP contribution is 2.42. The fourth-order valence-corrected chi connectivity index (χ4v) is 4.37. The van der Waals surface area contributed by atoms with Crippen LogP contribution >= 0.6 is 0 Å². The minimum absolute atomic E-state index is 0.0993. The van der Waals surface area contributed by atoms with E-state index in [4.69, 9.17) is 4.74 Å². The van der Waals surface area contributed by atoms with Crippen molar-refractivity contribution in [3.05, 3.63) is 17.5 Å².